The predicted molar refractivity (Wildman–Crippen MR) is 78.5 cm³/mol. The van der Waals surface area contributed by atoms with Gasteiger partial charge in [0.05, 0.1) is 0 Å². The van der Waals surface area contributed by atoms with Gasteiger partial charge in [-0.3, -0.25) is 0 Å². The van der Waals surface area contributed by atoms with Crippen molar-refractivity contribution in [1.82, 2.24) is 10.2 Å². The molecule has 1 heterocycles. The van der Waals surface area contributed by atoms with Crippen molar-refractivity contribution < 1.29 is 9.90 Å². The van der Waals surface area contributed by atoms with Crippen molar-refractivity contribution in [3.8, 4) is 0 Å². The topological polar surface area (TPSA) is 52.6 Å². The van der Waals surface area contributed by atoms with E-state index >= 15 is 0 Å². The van der Waals surface area contributed by atoms with Crippen LogP contribution in [0.4, 0.5) is 4.79 Å². The lowest BCUT2D eigenvalue weighted by atomic mass is 10.1. The fourth-order valence-electron chi connectivity index (χ4n) is 2.84. The van der Waals surface area contributed by atoms with E-state index in [1.54, 1.807) is 0 Å². The summed E-state index contributed by atoms with van der Waals surface area (Å²) in [7, 11) is 0. The number of carboxylic acid groups (broad SMARTS) is 1. The van der Waals surface area contributed by atoms with Crippen molar-refractivity contribution >= 4 is 12.2 Å². The largest absolute Gasteiger partial charge is 0.465 e. The van der Waals surface area contributed by atoms with Gasteiger partial charge in [-0.15, -0.1) is 0 Å². The Balaban J connectivity index is 1.48. The molecule has 3 rings (SSSR count). The molecule has 0 spiro atoms. The molecule has 2 N–H and O–H groups in total. The van der Waals surface area contributed by atoms with E-state index < -0.39 is 6.09 Å². The van der Waals surface area contributed by atoms with Crippen molar-refractivity contribution in [3.63, 3.8) is 0 Å². The molecule has 1 aromatic rings. The van der Waals surface area contributed by atoms with Crippen molar-refractivity contribution in [3.05, 3.63) is 41.5 Å². The summed E-state index contributed by atoms with van der Waals surface area (Å²) in [5.74, 6) is 0.606. The van der Waals surface area contributed by atoms with Crippen LogP contribution in [0.5, 0.6) is 0 Å². The summed E-state index contributed by atoms with van der Waals surface area (Å²) in [6.07, 6.45) is 2.60. The van der Waals surface area contributed by atoms with Gasteiger partial charge in [-0.25, -0.2) is 4.79 Å². The van der Waals surface area contributed by atoms with E-state index in [0.717, 1.165) is 0 Å². The molecular formula is C16H20N2O2. The van der Waals surface area contributed by atoms with Crippen LogP contribution in [0.3, 0.4) is 0 Å². The van der Waals surface area contributed by atoms with Gasteiger partial charge in [0, 0.05) is 25.2 Å². The summed E-state index contributed by atoms with van der Waals surface area (Å²) in [6, 6.07) is 11.2. The number of nitrogens with one attached hydrogen (secondary N) is 1. The number of rotatable bonds is 4. The second-order valence-electron chi connectivity index (χ2n) is 5.80. The van der Waals surface area contributed by atoms with Crippen molar-refractivity contribution in [2.45, 2.75) is 25.4 Å². The van der Waals surface area contributed by atoms with E-state index in [9.17, 15) is 4.79 Å². The fraction of sp³-hybridized carbons (Fsp3) is 0.438. The Morgan fingerprint density at radius 1 is 1.35 bits per heavy atom. The van der Waals surface area contributed by atoms with Crippen LogP contribution in [0.25, 0.3) is 6.08 Å². The van der Waals surface area contributed by atoms with Gasteiger partial charge < -0.3 is 15.3 Å². The molecule has 2 unspecified atom stereocenters. The van der Waals surface area contributed by atoms with Crippen molar-refractivity contribution in [2.24, 2.45) is 5.92 Å². The molecule has 20 heavy (non-hydrogen) atoms. The van der Waals surface area contributed by atoms with Gasteiger partial charge in [-0.05, 0) is 24.8 Å². The zero-order valence-corrected chi connectivity index (χ0v) is 11.6. The zero-order chi connectivity index (χ0) is 14.1. The molecule has 2 aliphatic rings. The molecule has 0 aromatic heterocycles. The van der Waals surface area contributed by atoms with Gasteiger partial charge in [0.25, 0.3) is 0 Å². The summed E-state index contributed by atoms with van der Waals surface area (Å²) in [6.45, 7) is 3.43. The number of benzene rings is 1. The van der Waals surface area contributed by atoms with Gasteiger partial charge in [-0.2, -0.15) is 0 Å². The molecule has 4 heteroatoms. The minimum Gasteiger partial charge on any atom is -0.465 e. The maximum atomic E-state index is 10.7. The first kappa shape index (κ1) is 13.2. The summed E-state index contributed by atoms with van der Waals surface area (Å²) in [5.41, 5.74) is 2.65. The first-order valence-corrected chi connectivity index (χ1v) is 7.10. The first-order chi connectivity index (χ1) is 9.63. The fourth-order valence-corrected chi connectivity index (χ4v) is 2.84. The van der Waals surface area contributed by atoms with Gasteiger partial charge in [0.1, 0.15) is 0 Å². The Hall–Kier alpha value is -1.81. The van der Waals surface area contributed by atoms with Crippen molar-refractivity contribution in [1.29, 1.82) is 0 Å². The highest BCUT2D eigenvalue weighted by Gasteiger charge is 2.42. The minimum atomic E-state index is -0.810. The van der Waals surface area contributed by atoms with Crippen LogP contribution in [0.15, 0.2) is 35.9 Å². The summed E-state index contributed by atoms with van der Waals surface area (Å²) >= 11 is 0. The summed E-state index contributed by atoms with van der Waals surface area (Å²) in [5, 5.41) is 12.3. The molecular weight excluding hydrogens is 252 g/mol. The zero-order valence-electron chi connectivity index (χ0n) is 11.6. The third kappa shape index (κ3) is 2.85. The molecule has 106 valence electrons. The Labute approximate surface area is 119 Å². The molecule has 0 radical (unpaired) electrons. The molecule has 0 bridgehead atoms. The Morgan fingerprint density at radius 2 is 2.05 bits per heavy atom. The molecule has 1 aromatic carbocycles. The third-order valence-corrected chi connectivity index (χ3v) is 4.17. The van der Waals surface area contributed by atoms with Crippen LogP contribution in [0, 0.1) is 5.92 Å². The monoisotopic (exact) mass is 272 g/mol. The summed E-state index contributed by atoms with van der Waals surface area (Å²) in [4.78, 5) is 12.1. The lowest BCUT2D eigenvalue weighted by Gasteiger charge is -2.37. The second-order valence-corrected chi connectivity index (χ2v) is 5.80. The molecule has 1 saturated carbocycles. The standard InChI is InChI=1S/C16H20N2O2/c1-11(7-12-5-3-2-4-6-12)14-8-15(14)17-13-9-18(10-13)16(19)20/h2-7,13-15,17H,8-10H2,1H3,(H,19,20)/b11-7+. The van der Waals surface area contributed by atoms with Crippen LogP contribution >= 0.6 is 0 Å². The number of nitrogens with zero attached hydrogens (tertiary/aromatic N) is 1. The molecule has 1 aliphatic heterocycles. The van der Waals surface area contributed by atoms with Crippen LogP contribution in [-0.4, -0.2) is 41.3 Å². The number of hydrogen-bond donors (Lipinski definition) is 2. The number of carbonyl (C=O) groups is 1. The smallest absolute Gasteiger partial charge is 0.407 e. The Kier molecular flexibility index (Phi) is 3.49. The Bertz CT molecular complexity index is 521. The quantitative estimate of drug-likeness (QED) is 0.885. The summed E-state index contributed by atoms with van der Waals surface area (Å²) < 4.78 is 0. The van der Waals surface area contributed by atoms with E-state index in [0.29, 0.717) is 31.1 Å². The number of hydrogen-bond acceptors (Lipinski definition) is 2. The molecule has 1 amide bonds. The molecule has 4 nitrogen and oxygen atoms in total. The van der Waals surface area contributed by atoms with Crippen LogP contribution in [0.1, 0.15) is 18.9 Å². The van der Waals surface area contributed by atoms with E-state index in [1.807, 2.05) is 6.07 Å². The van der Waals surface area contributed by atoms with E-state index in [4.69, 9.17) is 5.11 Å². The van der Waals surface area contributed by atoms with E-state index in [-0.39, 0.29) is 0 Å². The lowest BCUT2D eigenvalue weighted by molar-refractivity contribution is 0.0951. The van der Waals surface area contributed by atoms with Gasteiger partial charge in [-0.1, -0.05) is 42.0 Å². The maximum Gasteiger partial charge on any atom is 0.407 e. The SMILES string of the molecule is C/C(=C\c1ccccc1)C1CC1NC1CN(C(=O)O)C1. The predicted octanol–water partition coefficient (Wildman–Crippen LogP) is 2.43. The van der Waals surface area contributed by atoms with Gasteiger partial charge in [0.2, 0.25) is 0 Å². The molecule has 1 aliphatic carbocycles. The molecule has 2 atom stereocenters. The average Bonchev–Trinajstić information content (AvgIpc) is 3.13. The van der Waals surface area contributed by atoms with Crippen LogP contribution < -0.4 is 5.32 Å². The third-order valence-electron chi connectivity index (χ3n) is 4.17. The molecule has 1 saturated heterocycles. The van der Waals surface area contributed by atoms with Crippen molar-refractivity contribution in [2.75, 3.05) is 13.1 Å². The number of amides is 1. The van der Waals surface area contributed by atoms with Crippen LogP contribution in [-0.2, 0) is 0 Å². The number of likely N-dealkylation sites (tertiary alicyclic amines) is 1. The van der Waals surface area contributed by atoms with E-state index in [2.05, 4.69) is 42.6 Å². The first-order valence-electron chi connectivity index (χ1n) is 7.10. The lowest BCUT2D eigenvalue weighted by Crippen LogP contribution is -2.60. The van der Waals surface area contributed by atoms with Gasteiger partial charge in [0.15, 0.2) is 0 Å². The van der Waals surface area contributed by atoms with E-state index in [1.165, 1.54) is 22.5 Å². The van der Waals surface area contributed by atoms with Gasteiger partial charge >= 0.3 is 6.09 Å². The molecule has 2 fully saturated rings. The van der Waals surface area contributed by atoms with Crippen LogP contribution in [0.2, 0.25) is 0 Å². The second kappa shape index (κ2) is 5.29. The maximum absolute atomic E-state index is 10.7. The Morgan fingerprint density at radius 3 is 2.70 bits per heavy atom. The normalized spacial score (nSPS) is 26.2. The highest BCUT2D eigenvalue weighted by Crippen LogP contribution is 2.38. The minimum absolute atomic E-state index is 0.339. The highest BCUT2D eigenvalue weighted by molar-refractivity contribution is 5.66. The highest BCUT2D eigenvalue weighted by atomic mass is 16.4. The average molecular weight is 272 g/mol.